The molecule has 1 fully saturated rings. The average molecular weight is 433 g/mol. The molecule has 0 aliphatic carbocycles. The van der Waals surface area contributed by atoms with Crippen LogP contribution in [0.2, 0.25) is 0 Å². The number of nitrogens with zero attached hydrogens (tertiary/aromatic N) is 3. The first kappa shape index (κ1) is 20.6. The van der Waals surface area contributed by atoms with E-state index in [0.29, 0.717) is 21.7 Å². The highest BCUT2D eigenvalue weighted by atomic mass is 32.1. The monoisotopic (exact) mass is 433 g/mol. The number of aryl methyl sites for hydroxylation is 2. The summed E-state index contributed by atoms with van der Waals surface area (Å²) in [7, 11) is 0. The number of hydrogen-bond donors (Lipinski definition) is 1. The second kappa shape index (κ2) is 7.88. The maximum atomic E-state index is 13.1. The van der Waals surface area contributed by atoms with Crippen molar-refractivity contribution in [3.05, 3.63) is 81.6 Å². The first-order chi connectivity index (χ1) is 14.8. The summed E-state index contributed by atoms with van der Waals surface area (Å²) in [6, 6.07) is 9.62. The Hall–Kier alpha value is -3.65. The molecule has 0 bridgehead atoms. The lowest BCUT2D eigenvalue weighted by molar-refractivity contribution is -0.132. The predicted molar refractivity (Wildman–Crippen MR) is 117 cm³/mol. The quantitative estimate of drug-likeness (QED) is 0.289. The molecule has 2 aromatic heterocycles. The van der Waals surface area contributed by atoms with E-state index in [1.54, 1.807) is 19.1 Å². The maximum absolute atomic E-state index is 13.1. The topological polar surface area (TPSA) is 100 Å². The Morgan fingerprint density at radius 2 is 1.71 bits per heavy atom. The summed E-state index contributed by atoms with van der Waals surface area (Å²) in [4.78, 5) is 48.1. The molecule has 1 aliphatic rings. The summed E-state index contributed by atoms with van der Waals surface area (Å²) in [5, 5.41) is 11.2. The van der Waals surface area contributed by atoms with Crippen LogP contribution in [0.25, 0.3) is 5.76 Å². The molecule has 1 unspecified atom stereocenters. The molecule has 156 valence electrons. The van der Waals surface area contributed by atoms with Gasteiger partial charge in [0, 0.05) is 24.9 Å². The number of pyridine rings is 1. The van der Waals surface area contributed by atoms with E-state index in [9.17, 15) is 19.5 Å². The molecule has 7 nitrogen and oxygen atoms in total. The third-order valence-electron chi connectivity index (χ3n) is 5.10. The van der Waals surface area contributed by atoms with Crippen molar-refractivity contribution in [2.75, 3.05) is 4.90 Å². The van der Waals surface area contributed by atoms with Gasteiger partial charge in [-0.05, 0) is 31.5 Å². The fourth-order valence-electron chi connectivity index (χ4n) is 3.57. The molecule has 1 aliphatic heterocycles. The van der Waals surface area contributed by atoms with Crippen LogP contribution in [-0.2, 0) is 9.59 Å². The molecular weight excluding hydrogens is 414 g/mol. The molecule has 4 rings (SSSR count). The minimum Gasteiger partial charge on any atom is -0.507 e. The number of benzene rings is 1. The highest BCUT2D eigenvalue weighted by Gasteiger charge is 2.48. The summed E-state index contributed by atoms with van der Waals surface area (Å²) >= 11 is 1.06. The minimum absolute atomic E-state index is 0.0303. The summed E-state index contributed by atoms with van der Waals surface area (Å²) in [5.41, 5.74) is 2.50. The number of aromatic nitrogens is 2. The lowest BCUT2D eigenvalue weighted by Gasteiger charge is -2.23. The second-order valence-electron chi connectivity index (χ2n) is 7.28. The number of carbonyl (C=O) groups is 3. The van der Waals surface area contributed by atoms with Crippen LogP contribution in [0.15, 0.2) is 54.4 Å². The van der Waals surface area contributed by atoms with Gasteiger partial charge in [0.15, 0.2) is 10.9 Å². The van der Waals surface area contributed by atoms with E-state index in [-0.39, 0.29) is 22.2 Å². The number of ketones is 2. The third kappa shape index (κ3) is 3.55. The van der Waals surface area contributed by atoms with Crippen molar-refractivity contribution in [2.24, 2.45) is 0 Å². The maximum Gasteiger partial charge on any atom is 0.301 e. The highest BCUT2D eigenvalue weighted by molar-refractivity contribution is 7.18. The fourth-order valence-corrected chi connectivity index (χ4v) is 4.56. The van der Waals surface area contributed by atoms with Gasteiger partial charge >= 0.3 is 5.91 Å². The van der Waals surface area contributed by atoms with Crippen LogP contribution in [0.3, 0.4) is 0 Å². The highest BCUT2D eigenvalue weighted by Crippen LogP contribution is 2.43. The summed E-state index contributed by atoms with van der Waals surface area (Å²) < 4.78 is 0. The van der Waals surface area contributed by atoms with Crippen LogP contribution >= 0.6 is 11.3 Å². The zero-order chi connectivity index (χ0) is 22.3. The standard InChI is InChI=1S/C23H19N3O4S/c1-12-4-6-15(7-5-12)18-17(19(28)16-8-10-24-11-9-16)20(29)22(30)26(18)23-25-13(2)21(31-23)14(3)27/h4-11,18,28H,1-3H3. The third-order valence-corrected chi connectivity index (χ3v) is 6.36. The lowest BCUT2D eigenvalue weighted by Crippen LogP contribution is -2.29. The van der Waals surface area contributed by atoms with Gasteiger partial charge in [0.25, 0.3) is 5.78 Å². The van der Waals surface area contributed by atoms with Crippen molar-refractivity contribution in [2.45, 2.75) is 26.8 Å². The van der Waals surface area contributed by atoms with Gasteiger partial charge in [0.2, 0.25) is 0 Å². The van der Waals surface area contributed by atoms with Gasteiger partial charge in [0.05, 0.1) is 22.2 Å². The molecule has 0 radical (unpaired) electrons. The molecule has 0 spiro atoms. The Balaban J connectivity index is 1.95. The molecule has 1 atom stereocenters. The van der Waals surface area contributed by atoms with E-state index < -0.39 is 17.7 Å². The molecule has 8 heteroatoms. The number of Topliss-reactive ketones (excluding diaryl/α,β-unsaturated/α-hetero) is 2. The number of aliphatic hydroxyl groups is 1. The number of thiazole rings is 1. The Kier molecular flexibility index (Phi) is 5.24. The first-order valence-electron chi connectivity index (χ1n) is 9.56. The van der Waals surface area contributed by atoms with Crippen molar-refractivity contribution >= 4 is 39.7 Å². The Bertz CT molecular complexity index is 1230. The largest absolute Gasteiger partial charge is 0.507 e. The van der Waals surface area contributed by atoms with Gasteiger partial charge in [-0.2, -0.15) is 0 Å². The molecule has 31 heavy (non-hydrogen) atoms. The first-order valence-corrected chi connectivity index (χ1v) is 10.4. The molecule has 1 N–H and O–H groups in total. The van der Waals surface area contributed by atoms with Crippen LogP contribution < -0.4 is 4.90 Å². The number of rotatable bonds is 4. The van der Waals surface area contributed by atoms with Crippen molar-refractivity contribution < 1.29 is 19.5 Å². The van der Waals surface area contributed by atoms with Crippen LogP contribution in [-0.4, -0.2) is 32.5 Å². The SMILES string of the molecule is CC(=O)c1sc(N2C(=O)C(=O)C(=C(O)c3ccncc3)C2c2ccc(C)cc2)nc1C. The van der Waals surface area contributed by atoms with Crippen molar-refractivity contribution in [3.63, 3.8) is 0 Å². The van der Waals surface area contributed by atoms with Crippen molar-refractivity contribution in [3.8, 4) is 0 Å². The zero-order valence-electron chi connectivity index (χ0n) is 17.1. The molecule has 1 saturated heterocycles. The van der Waals surface area contributed by atoms with Gasteiger partial charge in [-0.1, -0.05) is 41.2 Å². The van der Waals surface area contributed by atoms with Crippen LogP contribution in [0.5, 0.6) is 0 Å². The van der Waals surface area contributed by atoms with E-state index in [4.69, 9.17) is 0 Å². The Morgan fingerprint density at radius 1 is 1.06 bits per heavy atom. The Labute approximate surface area is 182 Å². The Morgan fingerprint density at radius 3 is 2.29 bits per heavy atom. The number of amides is 1. The van der Waals surface area contributed by atoms with Crippen LogP contribution in [0, 0.1) is 13.8 Å². The second-order valence-corrected chi connectivity index (χ2v) is 8.26. The predicted octanol–water partition coefficient (Wildman–Crippen LogP) is 3.98. The van der Waals surface area contributed by atoms with Gasteiger partial charge < -0.3 is 5.11 Å². The van der Waals surface area contributed by atoms with E-state index in [2.05, 4.69) is 9.97 Å². The summed E-state index contributed by atoms with van der Waals surface area (Å²) in [6.45, 7) is 5.05. The van der Waals surface area contributed by atoms with Crippen molar-refractivity contribution in [1.82, 2.24) is 9.97 Å². The summed E-state index contributed by atoms with van der Waals surface area (Å²) in [6.07, 6.45) is 2.99. The molecular formula is C23H19N3O4S. The molecule has 0 saturated carbocycles. The minimum atomic E-state index is -0.876. The van der Waals surface area contributed by atoms with Crippen LogP contribution in [0.4, 0.5) is 5.13 Å². The van der Waals surface area contributed by atoms with E-state index in [0.717, 1.165) is 16.9 Å². The number of aliphatic hydroxyl groups excluding tert-OH is 1. The van der Waals surface area contributed by atoms with Crippen LogP contribution in [0.1, 0.15) is 45.0 Å². The number of carbonyl (C=O) groups excluding carboxylic acids is 3. The number of anilines is 1. The van der Waals surface area contributed by atoms with Gasteiger partial charge in [-0.25, -0.2) is 4.98 Å². The molecule has 3 heterocycles. The smallest absolute Gasteiger partial charge is 0.301 e. The van der Waals surface area contributed by atoms with E-state index in [1.807, 2.05) is 31.2 Å². The lowest BCUT2D eigenvalue weighted by atomic mass is 9.95. The normalized spacial score (nSPS) is 17.9. The fraction of sp³-hybridized carbons (Fsp3) is 0.174. The van der Waals surface area contributed by atoms with E-state index in [1.165, 1.54) is 24.2 Å². The molecule has 3 aromatic rings. The molecule has 1 amide bonds. The van der Waals surface area contributed by atoms with Gasteiger partial charge in [0.1, 0.15) is 5.76 Å². The van der Waals surface area contributed by atoms with Crippen molar-refractivity contribution in [1.29, 1.82) is 0 Å². The van der Waals surface area contributed by atoms with Gasteiger partial charge in [-0.3, -0.25) is 24.3 Å². The van der Waals surface area contributed by atoms with E-state index >= 15 is 0 Å². The zero-order valence-corrected chi connectivity index (χ0v) is 17.9. The van der Waals surface area contributed by atoms with Gasteiger partial charge in [-0.15, -0.1) is 0 Å². The molecule has 1 aromatic carbocycles. The summed E-state index contributed by atoms with van der Waals surface area (Å²) in [5.74, 6) is -2.06. The number of hydrogen-bond acceptors (Lipinski definition) is 7. The average Bonchev–Trinajstić information content (AvgIpc) is 3.26.